The first-order valence-corrected chi connectivity index (χ1v) is 3.70. The molecule has 0 aromatic carbocycles. The third-order valence-corrected chi connectivity index (χ3v) is 1.43. The number of rotatable bonds is 3. The van der Waals surface area contributed by atoms with E-state index < -0.39 is 0 Å². The van der Waals surface area contributed by atoms with Gasteiger partial charge >= 0.3 is 0 Å². The van der Waals surface area contributed by atoms with E-state index >= 15 is 0 Å². The number of azide groups is 1. The third kappa shape index (κ3) is 2.53. The van der Waals surface area contributed by atoms with Crippen molar-refractivity contribution in [2.24, 2.45) is 12.2 Å². The molecule has 0 aliphatic heterocycles. The lowest BCUT2D eigenvalue weighted by molar-refractivity contribution is 0.772. The molecule has 0 unspecified atom stereocenters. The summed E-state index contributed by atoms with van der Waals surface area (Å²) in [4.78, 5) is 2.62. The largest absolute Gasteiger partial charge is 0.382 e. The SMILES string of the molecule is Cn1cc(C=CCN=[N+]=[N-])c(N)n1. The van der Waals surface area contributed by atoms with E-state index in [4.69, 9.17) is 11.3 Å². The van der Waals surface area contributed by atoms with Crippen LogP contribution >= 0.6 is 0 Å². The number of anilines is 1. The van der Waals surface area contributed by atoms with E-state index in [2.05, 4.69) is 15.1 Å². The maximum atomic E-state index is 8.01. The van der Waals surface area contributed by atoms with Gasteiger partial charge in [-0.15, -0.1) is 0 Å². The fourth-order valence-electron chi connectivity index (χ4n) is 0.916. The van der Waals surface area contributed by atoms with Gasteiger partial charge in [0.2, 0.25) is 0 Å². The van der Waals surface area contributed by atoms with Crippen molar-refractivity contribution in [3.63, 3.8) is 0 Å². The number of nitrogens with zero attached hydrogens (tertiary/aromatic N) is 5. The van der Waals surface area contributed by atoms with Crippen LogP contribution in [0, 0.1) is 0 Å². The molecule has 0 atom stereocenters. The van der Waals surface area contributed by atoms with Crippen molar-refractivity contribution in [3.8, 4) is 0 Å². The monoisotopic (exact) mass is 178 g/mol. The topological polar surface area (TPSA) is 92.6 Å². The predicted octanol–water partition coefficient (Wildman–Crippen LogP) is 1.33. The van der Waals surface area contributed by atoms with Gasteiger partial charge in [0.1, 0.15) is 0 Å². The van der Waals surface area contributed by atoms with Crippen molar-refractivity contribution in [1.29, 1.82) is 0 Å². The highest BCUT2D eigenvalue weighted by Gasteiger charge is 1.97. The Kier molecular flexibility index (Phi) is 2.94. The minimum Gasteiger partial charge on any atom is -0.382 e. The number of nitrogen functional groups attached to an aromatic ring is 1. The Balaban J connectivity index is 2.67. The van der Waals surface area contributed by atoms with E-state index in [0.717, 1.165) is 5.56 Å². The van der Waals surface area contributed by atoms with Gasteiger partial charge in [0.05, 0.1) is 0 Å². The first kappa shape index (κ1) is 9.15. The summed E-state index contributed by atoms with van der Waals surface area (Å²) in [7, 11) is 1.79. The van der Waals surface area contributed by atoms with Crippen LogP contribution in [0.15, 0.2) is 17.4 Å². The second-order valence-corrected chi connectivity index (χ2v) is 2.46. The molecule has 0 saturated heterocycles. The summed E-state index contributed by atoms with van der Waals surface area (Å²) < 4.78 is 1.63. The molecule has 1 rings (SSSR count). The van der Waals surface area contributed by atoms with Crippen LogP contribution in [-0.4, -0.2) is 16.3 Å². The molecule has 0 spiro atoms. The summed E-state index contributed by atoms with van der Waals surface area (Å²) in [5.41, 5.74) is 14.4. The molecule has 13 heavy (non-hydrogen) atoms. The highest BCUT2D eigenvalue weighted by Crippen LogP contribution is 2.09. The van der Waals surface area contributed by atoms with Gasteiger partial charge in [0.25, 0.3) is 0 Å². The van der Waals surface area contributed by atoms with Crippen LogP contribution in [0.1, 0.15) is 5.56 Å². The average molecular weight is 178 g/mol. The molecule has 1 aromatic rings. The van der Waals surface area contributed by atoms with Crippen LogP contribution in [0.3, 0.4) is 0 Å². The lowest BCUT2D eigenvalue weighted by Crippen LogP contribution is -1.90. The van der Waals surface area contributed by atoms with Crippen molar-refractivity contribution in [1.82, 2.24) is 9.78 Å². The highest BCUT2D eigenvalue weighted by molar-refractivity contribution is 5.60. The fourth-order valence-corrected chi connectivity index (χ4v) is 0.916. The van der Waals surface area contributed by atoms with Crippen molar-refractivity contribution >= 4 is 11.9 Å². The molecular formula is C7H10N6. The molecule has 6 nitrogen and oxygen atoms in total. The lowest BCUT2D eigenvalue weighted by Gasteiger charge is -1.84. The highest BCUT2D eigenvalue weighted by atomic mass is 15.3. The van der Waals surface area contributed by atoms with E-state index in [9.17, 15) is 0 Å². The van der Waals surface area contributed by atoms with Gasteiger partial charge in [0, 0.05) is 30.3 Å². The minimum absolute atomic E-state index is 0.324. The van der Waals surface area contributed by atoms with Gasteiger partial charge in [-0.05, 0) is 5.53 Å². The summed E-state index contributed by atoms with van der Waals surface area (Å²) in [5.74, 6) is 0.472. The molecule has 0 aliphatic rings. The zero-order valence-electron chi connectivity index (χ0n) is 7.25. The number of aromatic nitrogens is 2. The van der Waals surface area contributed by atoms with Gasteiger partial charge in [-0.3, -0.25) is 4.68 Å². The maximum Gasteiger partial charge on any atom is 0.152 e. The quantitative estimate of drug-likeness (QED) is 0.429. The third-order valence-electron chi connectivity index (χ3n) is 1.43. The normalized spacial score (nSPS) is 10.2. The van der Waals surface area contributed by atoms with E-state index in [-0.39, 0.29) is 0 Å². The molecular weight excluding hydrogens is 168 g/mol. The molecule has 0 fully saturated rings. The van der Waals surface area contributed by atoms with Crippen LogP contribution in [0.5, 0.6) is 0 Å². The Morgan fingerprint density at radius 3 is 3.15 bits per heavy atom. The number of nitrogens with two attached hydrogens (primary N) is 1. The zero-order valence-corrected chi connectivity index (χ0v) is 7.25. The molecule has 6 heteroatoms. The number of hydrogen-bond acceptors (Lipinski definition) is 3. The summed E-state index contributed by atoms with van der Waals surface area (Å²) >= 11 is 0. The maximum absolute atomic E-state index is 8.01. The molecule has 68 valence electrons. The van der Waals surface area contributed by atoms with Crippen LogP contribution < -0.4 is 5.73 Å². The summed E-state index contributed by atoms with van der Waals surface area (Å²) in [5, 5.41) is 7.30. The zero-order chi connectivity index (χ0) is 9.68. The summed E-state index contributed by atoms with van der Waals surface area (Å²) in [6.07, 6.45) is 5.30. The summed E-state index contributed by atoms with van der Waals surface area (Å²) in [6, 6.07) is 0. The second-order valence-electron chi connectivity index (χ2n) is 2.46. The molecule has 0 amide bonds. The molecule has 1 aromatic heterocycles. The average Bonchev–Trinajstić information content (AvgIpc) is 2.39. The van der Waals surface area contributed by atoms with E-state index in [0.29, 0.717) is 12.4 Å². The van der Waals surface area contributed by atoms with Crippen molar-refractivity contribution < 1.29 is 0 Å². The van der Waals surface area contributed by atoms with Crippen LogP contribution in [-0.2, 0) is 7.05 Å². The Hall–Kier alpha value is -1.94. The number of hydrogen-bond donors (Lipinski definition) is 1. The van der Waals surface area contributed by atoms with Crippen molar-refractivity contribution in [2.45, 2.75) is 0 Å². The van der Waals surface area contributed by atoms with Gasteiger partial charge in [-0.2, -0.15) is 5.10 Å². The lowest BCUT2D eigenvalue weighted by atomic mass is 10.3. The molecule has 0 radical (unpaired) electrons. The molecule has 0 bridgehead atoms. The second kappa shape index (κ2) is 4.18. The first-order valence-electron chi connectivity index (χ1n) is 3.70. The Morgan fingerprint density at radius 1 is 1.85 bits per heavy atom. The molecule has 0 aliphatic carbocycles. The van der Waals surface area contributed by atoms with Crippen LogP contribution in [0.2, 0.25) is 0 Å². The first-order chi connectivity index (χ1) is 6.24. The predicted molar refractivity (Wildman–Crippen MR) is 50.7 cm³/mol. The van der Waals surface area contributed by atoms with Gasteiger partial charge < -0.3 is 5.73 Å². The van der Waals surface area contributed by atoms with Gasteiger partial charge in [0.15, 0.2) is 5.82 Å². The van der Waals surface area contributed by atoms with Crippen molar-refractivity contribution in [3.05, 3.63) is 28.3 Å². The molecule has 0 saturated carbocycles. The Labute approximate surface area is 75.3 Å². The van der Waals surface area contributed by atoms with Crippen molar-refractivity contribution in [2.75, 3.05) is 12.3 Å². The van der Waals surface area contributed by atoms with E-state index in [1.54, 1.807) is 30.1 Å². The molecule has 1 heterocycles. The van der Waals surface area contributed by atoms with Crippen LogP contribution in [0.4, 0.5) is 5.82 Å². The standard InChI is InChI=1S/C7H10N6/c1-13-5-6(7(8)11-13)3-2-4-10-12-9/h2-3,5H,4H2,1H3,(H2,8,11). The molecule has 2 N–H and O–H groups in total. The fraction of sp³-hybridized carbons (Fsp3) is 0.286. The Morgan fingerprint density at radius 2 is 2.62 bits per heavy atom. The van der Waals surface area contributed by atoms with Gasteiger partial charge in [-0.25, -0.2) is 0 Å². The number of aryl methyl sites for hydroxylation is 1. The Bertz CT molecular complexity index is 357. The smallest absolute Gasteiger partial charge is 0.152 e. The summed E-state index contributed by atoms with van der Waals surface area (Å²) in [6.45, 7) is 0.324. The van der Waals surface area contributed by atoms with E-state index in [1.807, 2.05) is 0 Å². The minimum atomic E-state index is 0.324. The van der Waals surface area contributed by atoms with Crippen LogP contribution in [0.25, 0.3) is 16.5 Å². The van der Waals surface area contributed by atoms with Gasteiger partial charge in [-0.1, -0.05) is 17.3 Å². The van der Waals surface area contributed by atoms with E-state index in [1.165, 1.54) is 0 Å².